The predicted molar refractivity (Wildman–Crippen MR) is 77.3 cm³/mol. The van der Waals surface area contributed by atoms with Crippen molar-refractivity contribution in [2.24, 2.45) is 4.99 Å². The standard InChI is InChI=1S/C11H13N3O3S.ClH/c1-11(2)8(9(16)17)14-10(18-11)13-6-3-4-12-5-7(6)15;/h3-5,8,15H,1-2H3,(H,16,17)(H,12,13,14);1H/t8-;/m0./s1. The molecule has 1 aliphatic heterocycles. The molecule has 2 rings (SSSR count). The summed E-state index contributed by atoms with van der Waals surface area (Å²) in [5.74, 6) is -0.958. The van der Waals surface area contributed by atoms with E-state index in [2.05, 4.69) is 15.3 Å². The summed E-state index contributed by atoms with van der Waals surface area (Å²) in [6.07, 6.45) is 2.84. The predicted octanol–water partition coefficient (Wildman–Crippen LogP) is 1.96. The smallest absolute Gasteiger partial charge is 0.329 e. The van der Waals surface area contributed by atoms with Crippen molar-refractivity contribution in [1.82, 2.24) is 4.98 Å². The van der Waals surface area contributed by atoms with Crippen molar-refractivity contribution in [1.29, 1.82) is 0 Å². The van der Waals surface area contributed by atoms with Crippen molar-refractivity contribution in [3.05, 3.63) is 18.5 Å². The Morgan fingerprint density at radius 1 is 1.53 bits per heavy atom. The van der Waals surface area contributed by atoms with E-state index < -0.39 is 16.8 Å². The number of pyridine rings is 1. The van der Waals surface area contributed by atoms with Crippen molar-refractivity contribution in [2.75, 3.05) is 5.32 Å². The van der Waals surface area contributed by atoms with Gasteiger partial charge in [0.2, 0.25) is 0 Å². The summed E-state index contributed by atoms with van der Waals surface area (Å²) in [6.45, 7) is 3.64. The number of aliphatic carboxylic acids is 1. The molecule has 0 unspecified atom stereocenters. The number of amidine groups is 1. The maximum atomic E-state index is 11.1. The fraction of sp³-hybridized carbons (Fsp3) is 0.364. The number of thioether (sulfide) groups is 1. The van der Waals surface area contributed by atoms with E-state index >= 15 is 0 Å². The number of aliphatic imine (C=N–C) groups is 1. The van der Waals surface area contributed by atoms with Crippen LogP contribution in [0.2, 0.25) is 0 Å². The van der Waals surface area contributed by atoms with Crippen LogP contribution in [0.4, 0.5) is 5.69 Å². The average Bonchev–Trinajstić information content (AvgIpc) is 2.57. The largest absolute Gasteiger partial charge is 0.504 e. The molecule has 0 saturated carbocycles. The monoisotopic (exact) mass is 303 g/mol. The molecule has 0 fully saturated rings. The van der Waals surface area contributed by atoms with Gasteiger partial charge in [0, 0.05) is 6.20 Å². The fourth-order valence-corrected chi connectivity index (χ4v) is 2.70. The molecule has 1 aromatic heterocycles. The van der Waals surface area contributed by atoms with E-state index in [-0.39, 0.29) is 18.2 Å². The first-order chi connectivity index (χ1) is 8.40. The summed E-state index contributed by atoms with van der Waals surface area (Å²) in [6, 6.07) is 0.799. The Hall–Kier alpha value is -1.47. The highest BCUT2D eigenvalue weighted by molar-refractivity contribution is 8.15. The second-order valence-corrected chi connectivity index (χ2v) is 6.04. The molecular formula is C11H14ClN3O3S. The number of nitrogens with zero attached hydrogens (tertiary/aromatic N) is 2. The topological polar surface area (TPSA) is 94.8 Å². The van der Waals surface area contributed by atoms with Crippen LogP contribution in [0.1, 0.15) is 13.8 Å². The highest BCUT2D eigenvalue weighted by Crippen LogP contribution is 2.38. The Bertz CT molecular complexity index is 522. The third-order valence-corrected chi connectivity index (χ3v) is 3.69. The van der Waals surface area contributed by atoms with Gasteiger partial charge in [-0.25, -0.2) is 9.79 Å². The molecule has 6 nitrogen and oxygen atoms in total. The summed E-state index contributed by atoms with van der Waals surface area (Å²) in [5.41, 5.74) is 0.457. The Morgan fingerprint density at radius 3 is 2.74 bits per heavy atom. The first-order valence-electron chi connectivity index (χ1n) is 5.30. The van der Waals surface area contributed by atoms with Gasteiger partial charge < -0.3 is 15.5 Å². The van der Waals surface area contributed by atoms with E-state index in [0.717, 1.165) is 0 Å². The fourth-order valence-electron chi connectivity index (χ4n) is 1.62. The summed E-state index contributed by atoms with van der Waals surface area (Å²) < 4.78 is -0.517. The van der Waals surface area contributed by atoms with Crippen molar-refractivity contribution < 1.29 is 15.0 Å². The molecule has 0 spiro atoms. The van der Waals surface area contributed by atoms with E-state index in [1.807, 2.05) is 13.8 Å². The Labute approximate surface area is 120 Å². The van der Waals surface area contributed by atoms with Crippen LogP contribution >= 0.6 is 24.2 Å². The number of rotatable bonds is 2. The number of carboxylic acid groups (broad SMARTS) is 1. The van der Waals surface area contributed by atoms with Gasteiger partial charge in [-0.2, -0.15) is 0 Å². The first-order valence-corrected chi connectivity index (χ1v) is 6.11. The van der Waals surface area contributed by atoms with Crippen molar-refractivity contribution in [3.8, 4) is 5.75 Å². The van der Waals surface area contributed by atoms with Crippen LogP contribution in [0, 0.1) is 0 Å². The van der Waals surface area contributed by atoms with Gasteiger partial charge in [-0.3, -0.25) is 4.98 Å². The second kappa shape index (κ2) is 5.66. The van der Waals surface area contributed by atoms with Crippen LogP contribution < -0.4 is 5.32 Å². The molecule has 19 heavy (non-hydrogen) atoms. The lowest BCUT2D eigenvalue weighted by Gasteiger charge is -2.20. The van der Waals surface area contributed by atoms with Crippen LogP contribution in [-0.2, 0) is 4.79 Å². The zero-order valence-electron chi connectivity index (χ0n) is 10.3. The van der Waals surface area contributed by atoms with Gasteiger partial charge in [0.25, 0.3) is 0 Å². The molecule has 0 aliphatic carbocycles. The van der Waals surface area contributed by atoms with Gasteiger partial charge in [-0.15, -0.1) is 12.4 Å². The van der Waals surface area contributed by atoms with Crippen LogP contribution in [0.5, 0.6) is 5.75 Å². The number of anilines is 1. The minimum Gasteiger partial charge on any atom is -0.504 e. The van der Waals surface area contributed by atoms with Crippen molar-refractivity contribution >= 4 is 41.0 Å². The summed E-state index contributed by atoms with van der Waals surface area (Å²) >= 11 is 1.33. The maximum Gasteiger partial charge on any atom is 0.329 e. The quantitative estimate of drug-likeness (QED) is 0.773. The third kappa shape index (κ3) is 3.30. The van der Waals surface area contributed by atoms with Crippen LogP contribution in [-0.4, -0.2) is 37.1 Å². The van der Waals surface area contributed by atoms with Crippen molar-refractivity contribution in [3.63, 3.8) is 0 Å². The molecule has 1 aromatic rings. The van der Waals surface area contributed by atoms with E-state index in [0.29, 0.717) is 10.9 Å². The van der Waals surface area contributed by atoms with Crippen LogP contribution in [0.3, 0.4) is 0 Å². The first kappa shape index (κ1) is 15.6. The zero-order chi connectivity index (χ0) is 13.3. The molecule has 104 valence electrons. The highest BCUT2D eigenvalue weighted by Gasteiger charge is 2.42. The van der Waals surface area contributed by atoms with E-state index in [4.69, 9.17) is 5.11 Å². The molecule has 0 aromatic carbocycles. The van der Waals surface area contributed by atoms with Gasteiger partial charge in [0.15, 0.2) is 17.0 Å². The molecule has 2 heterocycles. The third-order valence-electron chi connectivity index (χ3n) is 2.54. The number of aromatic hydroxyl groups is 1. The molecule has 0 radical (unpaired) electrons. The van der Waals surface area contributed by atoms with Crippen molar-refractivity contribution in [2.45, 2.75) is 24.6 Å². The maximum absolute atomic E-state index is 11.1. The Morgan fingerprint density at radius 2 is 2.21 bits per heavy atom. The summed E-state index contributed by atoms with van der Waals surface area (Å²) in [7, 11) is 0. The number of carboxylic acids is 1. The highest BCUT2D eigenvalue weighted by atomic mass is 35.5. The molecule has 1 aliphatic rings. The second-order valence-electron chi connectivity index (χ2n) is 4.40. The Kier molecular flexibility index (Phi) is 4.65. The molecule has 1 atom stereocenters. The number of hydrogen-bond acceptors (Lipinski definition) is 6. The number of carbonyl (C=O) groups is 1. The molecule has 0 amide bonds. The van der Waals surface area contributed by atoms with Gasteiger partial charge in [-0.1, -0.05) is 11.8 Å². The lowest BCUT2D eigenvalue weighted by molar-refractivity contribution is -0.138. The molecule has 0 saturated heterocycles. The van der Waals surface area contributed by atoms with Gasteiger partial charge >= 0.3 is 5.97 Å². The minimum absolute atomic E-state index is 0. The van der Waals surface area contributed by atoms with E-state index in [9.17, 15) is 9.90 Å². The van der Waals surface area contributed by atoms with Gasteiger partial charge in [0.05, 0.1) is 16.6 Å². The number of nitrogens with one attached hydrogen (secondary N) is 1. The number of hydrogen-bond donors (Lipinski definition) is 3. The SMILES string of the molecule is CC1(C)SC(Nc2ccncc2O)=N[C@H]1C(=O)O.Cl. The van der Waals surface area contributed by atoms with E-state index in [1.165, 1.54) is 24.2 Å². The average molecular weight is 304 g/mol. The molecule has 8 heteroatoms. The number of halogens is 1. The lowest BCUT2D eigenvalue weighted by atomic mass is 10.0. The van der Waals surface area contributed by atoms with Crippen LogP contribution in [0.25, 0.3) is 0 Å². The minimum atomic E-state index is -0.955. The molecule has 3 N–H and O–H groups in total. The summed E-state index contributed by atoms with van der Waals surface area (Å²) in [5, 5.41) is 22.0. The molecular weight excluding hydrogens is 290 g/mol. The Balaban J connectivity index is 0.00000180. The zero-order valence-corrected chi connectivity index (χ0v) is 12.0. The molecule has 0 bridgehead atoms. The van der Waals surface area contributed by atoms with Crippen LogP contribution in [0.15, 0.2) is 23.5 Å². The lowest BCUT2D eigenvalue weighted by Crippen LogP contribution is -2.34. The normalized spacial score (nSPS) is 20.3. The summed E-state index contributed by atoms with van der Waals surface area (Å²) in [4.78, 5) is 18.9. The number of aromatic nitrogens is 1. The van der Waals surface area contributed by atoms with Gasteiger partial charge in [-0.05, 0) is 19.9 Å². The van der Waals surface area contributed by atoms with E-state index in [1.54, 1.807) is 6.07 Å². The van der Waals surface area contributed by atoms with Gasteiger partial charge in [0.1, 0.15) is 0 Å².